The normalized spacial score (nSPS) is 19.9. The van der Waals surface area contributed by atoms with Gasteiger partial charge in [-0.2, -0.15) is 17.0 Å². The van der Waals surface area contributed by atoms with Gasteiger partial charge in [-0.25, -0.2) is 0 Å². The lowest BCUT2D eigenvalue weighted by molar-refractivity contribution is -0.131. The fourth-order valence-electron chi connectivity index (χ4n) is 3.92. The van der Waals surface area contributed by atoms with Gasteiger partial charge in [-0.1, -0.05) is 48.5 Å². The maximum absolute atomic E-state index is 12.9. The van der Waals surface area contributed by atoms with Gasteiger partial charge in [0.05, 0.1) is 6.42 Å². The van der Waals surface area contributed by atoms with E-state index in [0.29, 0.717) is 36.2 Å². The Balaban J connectivity index is 1.56. The molecule has 0 unspecified atom stereocenters. The molecule has 1 amide bonds. The molecule has 2 fully saturated rings. The smallest absolute Gasteiger partial charge is 0.282 e. The Labute approximate surface area is 177 Å². The summed E-state index contributed by atoms with van der Waals surface area (Å²) in [6.07, 6.45) is 5.39. The first-order valence-electron chi connectivity index (χ1n) is 9.74. The second-order valence-corrected chi connectivity index (χ2v) is 10.3. The molecule has 2 aliphatic rings. The number of hydrogen-bond acceptors (Lipinski definition) is 3. The fraction of sp³-hybridized carbons (Fsp3) is 0.632. The lowest BCUT2D eigenvalue weighted by atomic mass is 9.96. The SMILES string of the molecule is CN(C1CCCCC1)S(=O)(=O)N1CCN(C(=O)Cc2ccc(Cl)cc2Cl)CC1. The molecule has 9 heteroatoms. The number of halogens is 2. The van der Waals surface area contributed by atoms with Gasteiger partial charge in [0.25, 0.3) is 10.2 Å². The van der Waals surface area contributed by atoms with E-state index in [-0.39, 0.29) is 18.4 Å². The van der Waals surface area contributed by atoms with Crippen molar-refractivity contribution in [2.24, 2.45) is 0 Å². The fourth-order valence-corrected chi connectivity index (χ4v) is 5.98. The van der Waals surface area contributed by atoms with Gasteiger partial charge in [-0.3, -0.25) is 4.79 Å². The first-order chi connectivity index (χ1) is 13.3. The van der Waals surface area contributed by atoms with Gasteiger partial charge in [0.2, 0.25) is 5.91 Å². The first kappa shape index (κ1) is 21.8. The number of rotatable bonds is 5. The third-order valence-electron chi connectivity index (χ3n) is 5.73. The maximum atomic E-state index is 12.9. The molecule has 1 aromatic rings. The van der Waals surface area contributed by atoms with Crippen LogP contribution in [0, 0.1) is 0 Å². The molecule has 1 aliphatic heterocycles. The van der Waals surface area contributed by atoms with E-state index in [9.17, 15) is 13.2 Å². The summed E-state index contributed by atoms with van der Waals surface area (Å²) in [5.41, 5.74) is 0.725. The molecule has 1 saturated carbocycles. The molecule has 156 valence electrons. The molecule has 1 heterocycles. The highest BCUT2D eigenvalue weighted by Gasteiger charge is 2.35. The predicted octanol–water partition coefficient (Wildman–Crippen LogP) is 3.19. The Morgan fingerprint density at radius 1 is 1.11 bits per heavy atom. The molecule has 1 aromatic carbocycles. The van der Waals surface area contributed by atoms with Crippen molar-refractivity contribution in [3.05, 3.63) is 33.8 Å². The number of carbonyl (C=O) groups is 1. The second-order valence-electron chi connectivity index (χ2n) is 7.51. The zero-order chi connectivity index (χ0) is 20.3. The third-order valence-corrected chi connectivity index (χ3v) is 8.36. The molecule has 1 aliphatic carbocycles. The van der Waals surface area contributed by atoms with Crippen LogP contribution in [0.1, 0.15) is 37.7 Å². The van der Waals surface area contributed by atoms with Crippen LogP contribution in [-0.4, -0.2) is 67.1 Å². The summed E-state index contributed by atoms with van der Waals surface area (Å²) in [6.45, 7) is 1.42. The minimum Gasteiger partial charge on any atom is -0.340 e. The molecule has 28 heavy (non-hydrogen) atoms. The number of hydrogen-bond donors (Lipinski definition) is 0. The summed E-state index contributed by atoms with van der Waals surface area (Å²) < 4.78 is 28.9. The van der Waals surface area contributed by atoms with E-state index in [1.165, 1.54) is 15.0 Å². The van der Waals surface area contributed by atoms with Crippen LogP contribution in [-0.2, 0) is 21.4 Å². The van der Waals surface area contributed by atoms with Crippen LogP contribution >= 0.6 is 23.2 Å². The molecule has 6 nitrogen and oxygen atoms in total. The van der Waals surface area contributed by atoms with Crippen molar-refractivity contribution in [2.75, 3.05) is 33.2 Å². The highest BCUT2D eigenvalue weighted by atomic mass is 35.5. The van der Waals surface area contributed by atoms with Crippen molar-refractivity contribution < 1.29 is 13.2 Å². The number of piperazine rings is 1. The largest absolute Gasteiger partial charge is 0.340 e. The van der Waals surface area contributed by atoms with Gasteiger partial charge >= 0.3 is 0 Å². The molecular weight excluding hydrogens is 421 g/mol. The molecule has 0 bridgehead atoms. The Bertz CT molecular complexity index is 805. The monoisotopic (exact) mass is 447 g/mol. The highest BCUT2D eigenvalue weighted by Crippen LogP contribution is 2.26. The summed E-state index contributed by atoms with van der Waals surface area (Å²) in [5.74, 6) is -0.0538. The molecular formula is C19H27Cl2N3O3S. The summed E-state index contributed by atoms with van der Waals surface area (Å²) in [6, 6.07) is 5.17. The molecule has 0 N–H and O–H groups in total. The van der Waals surface area contributed by atoms with Crippen molar-refractivity contribution in [1.29, 1.82) is 0 Å². The summed E-state index contributed by atoms with van der Waals surface area (Å²) >= 11 is 12.1. The van der Waals surface area contributed by atoms with Crippen molar-refractivity contribution >= 4 is 39.3 Å². The molecule has 0 atom stereocenters. The van der Waals surface area contributed by atoms with Gasteiger partial charge in [0.1, 0.15) is 0 Å². The molecule has 1 saturated heterocycles. The first-order valence-corrected chi connectivity index (χ1v) is 11.9. The molecule has 3 rings (SSSR count). The predicted molar refractivity (Wildman–Crippen MR) is 112 cm³/mol. The van der Waals surface area contributed by atoms with Gasteiger partial charge in [-0.05, 0) is 30.5 Å². The average Bonchev–Trinajstić information content (AvgIpc) is 2.70. The third kappa shape index (κ3) is 5.00. The molecule has 0 spiro atoms. The van der Waals surface area contributed by atoms with Crippen molar-refractivity contribution in [3.8, 4) is 0 Å². The van der Waals surface area contributed by atoms with E-state index in [1.807, 2.05) is 0 Å². The van der Waals surface area contributed by atoms with Crippen LogP contribution in [0.25, 0.3) is 0 Å². The Morgan fingerprint density at radius 3 is 2.36 bits per heavy atom. The average molecular weight is 448 g/mol. The van der Waals surface area contributed by atoms with Crippen LogP contribution in [0.15, 0.2) is 18.2 Å². The zero-order valence-corrected chi connectivity index (χ0v) is 18.4. The lowest BCUT2D eigenvalue weighted by Crippen LogP contribution is -2.55. The number of benzene rings is 1. The van der Waals surface area contributed by atoms with E-state index in [4.69, 9.17) is 23.2 Å². The van der Waals surface area contributed by atoms with E-state index < -0.39 is 10.2 Å². The topological polar surface area (TPSA) is 60.9 Å². The quantitative estimate of drug-likeness (QED) is 0.695. The van der Waals surface area contributed by atoms with E-state index >= 15 is 0 Å². The summed E-state index contributed by atoms with van der Waals surface area (Å²) in [7, 11) is -1.80. The van der Waals surface area contributed by atoms with Gasteiger partial charge in [0.15, 0.2) is 0 Å². The maximum Gasteiger partial charge on any atom is 0.282 e. The molecule has 0 aromatic heterocycles. The Hall–Kier alpha value is -0.860. The van der Waals surface area contributed by atoms with E-state index in [2.05, 4.69) is 0 Å². The van der Waals surface area contributed by atoms with E-state index in [1.54, 1.807) is 30.1 Å². The zero-order valence-electron chi connectivity index (χ0n) is 16.1. The van der Waals surface area contributed by atoms with Gasteiger partial charge in [0, 0.05) is 49.3 Å². The van der Waals surface area contributed by atoms with Crippen LogP contribution < -0.4 is 0 Å². The molecule has 0 radical (unpaired) electrons. The van der Waals surface area contributed by atoms with Gasteiger partial charge in [-0.15, -0.1) is 0 Å². The second kappa shape index (κ2) is 9.30. The van der Waals surface area contributed by atoms with Crippen molar-refractivity contribution in [1.82, 2.24) is 13.5 Å². The summed E-state index contributed by atoms with van der Waals surface area (Å²) in [4.78, 5) is 14.3. The highest BCUT2D eigenvalue weighted by molar-refractivity contribution is 7.86. The van der Waals surface area contributed by atoms with Crippen LogP contribution in [0.3, 0.4) is 0 Å². The number of carbonyl (C=O) groups excluding carboxylic acids is 1. The van der Waals surface area contributed by atoms with Crippen LogP contribution in [0.2, 0.25) is 10.0 Å². The van der Waals surface area contributed by atoms with Crippen molar-refractivity contribution in [2.45, 2.75) is 44.6 Å². The van der Waals surface area contributed by atoms with E-state index in [0.717, 1.165) is 31.2 Å². The number of amides is 1. The lowest BCUT2D eigenvalue weighted by Gasteiger charge is -2.38. The summed E-state index contributed by atoms with van der Waals surface area (Å²) in [5, 5.41) is 0.998. The van der Waals surface area contributed by atoms with Gasteiger partial charge < -0.3 is 4.90 Å². The Morgan fingerprint density at radius 2 is 1.75 bits per heavy atom. The van der Waals surface area contributed by atoms with Crippen LogP contribution in [0.5, 0.6) is 0 Å². The Kier molecular flexibility index (Phi) is 7.26. The standard InChI is InChI=1S/C19H27Cl2N3O3S/c1-22(17-5-3-2-4-6-17)28(26,27)24-11-9-23(10-12-24)19(25)13-15-7-8-16(20)14-18(15)21/h7-8,14,17H,2-6,9-13H2,1H3. The minimum atomic E-state index is -3.49. The number of nitrogens with zero attached hydrogens (tertiary/aromatic N) is 3. The van der Waals surface area contributed by atoms with Crippen molar-refractivity contribution in [3.63, 3.8) is 0 Å². The minimum absolute atomic E-state index is 0.0538. The van der Waals surface area contributed by atoms with Crippen LogP contribution in [0.4, 0.5) is 0 Å².